The second-order valence-electron chi connectivity index (χ2n) is 5.95. The molecule has 1 aliphatic carbocycles. The maximum absolute atomic E-state index is 12.5. The highest BCUT2D eigenvalue weighted by atomic mass is 16.5. The lowest BCUT2D eigenvalue weighted by Gasteiger charge is -2.28. The summed E-state index contributed by atoms with van der Waals surface area (Å²) in [6, 6.07) is -0.790. The van der Waals surface area contributed by atoms with Gasteiger partial charge in [-0.15, -0.1) is 0 Å². The van der Waals surface area contributed by atoms with Crippen LogP contribution >= 0.6 is 0 Å². The Morgan fingerprint density at radius 2 is 2.04 bits per heavy atom. The summed E-state index contributed by atoms with van der Waals surface area (Å²) in [5.74, 6) is -1.60. The topological polar surface area (TPSA) is 110 Å². The molecule has 0 bridgehead atoms. The van der Waals surface area contributed by atoms with Gasteiger partial charge in [-0.25, -0.2) is 9.78 Å². The van der Waals surface area contributed by atoms with Gasteiger partial charge in [0.2, 0.25) is 5.91 Å². The van der Waals surface area contributed by atoms with Crippen LogP contribution in [-0.2, 0) is 30.3 Å². The van der Waals surface area contributed by atoms with E-state index in [1.54, 1.807) is 6.20 Å². The number of imidazole rings is 1. The molecule has 2 unspecified atom stereocenters. The van der Waals surface area contributed by atoms with Gasteiger partial charge in [0, 0.05) is 24.2 Å². The Kier molecular flexibility index (Phi) is 6.34. The maximum atomic E-state index is 12.5. The van der Waals surface area contributed by atoms with Crippen molar-refractivity contribution in [1.82, 2.24) is 15.3 Å². The van der Waals surface area contributed by atoms with Crippen LogP contribution in [0.4, 0.5) is 0 Å². The molecule has 24 heavy (non-hydrogen) atoms. The smallest absolute Gasteiger partial charge is 0.328 e. The first-order chi connectivity index (χ1) is 11.5. The number of methoxy groups -OCH3 is 2. The fourth-order valence-electron chi connectivity index (χ4n) is 3.05. The quantitative estimate of drug-likeness (QED) is 0.735. The van der Waals surface area contributed by atoms with Crippen molar-refractivity contribution in [2.45, 2.75) is 38.1 Å². The van der Waals surface area contributed by atoms with Crippen molar-refractivity contribution in [2.75, 3.05) is 14.2 Å². The molecule has 1 fully saturated rings. The lowest BCUT2D eigenvalue weighted by Crippen LogP contribution is -2.46. The van der Waals surface area contributed by atoms with Crippen LogP contribution in [-0.4, -0.2) is 48.1 Å². The minimum Gasteiger partial charge on any atom is -0.469 e. The van der Waals surface area contributed by atoms with E-state index in [9.17, 15) is 14.4 Å². The number of carbonyl (C=O) groups excluding carboxylic acids is 3. The van der Waals surface area contributed by atoms with Crippen molar-refractivity contribution >= 4 is 17.8 Å². The first kappa shape index (κ1) is 18.0. The van der Waals surface area contributed by atoms with E-state index in [0.29, 0.717) is 12.8 Å². The minimum atomic E-state index is -0.790. The van der Waals surface area contributed by atoms with E-state index in [2.05, 4.69) is 15.3 Å². The molecule has 8 nitrogen and oxygen atoms in total. The SMILES string of the molecule is COC(=O)C1CCCC(C(=O)N[C@@H](Cc2cnc[nH]2)C(=O)OC)C1. The molecule has 0 radical (unpaired) electrons. The number of hydrogen-bond acceptors (Lipinski definition) is 6. The van der Waals surface area contributed by atoms with Crippen LogP contribution in [0.1, 0.15) is 31.4 Å². The highest BCUT2D eigenvalue weighted by Crippen LogP contribution is 2.30. The second-order valence-corrected chi connectivity index (χ2v) is 5.95. The van der Waals surface area contributed by atoms with Gasteiger partial charge in [0.25, 0.3) is 0 Å². The van der Waals surface area contributed by atoms with Gasteiger partial charge in [-0.05, 0) is 19.3 Å². The molecule has 1 aromatic heterocycles. The molecule has 2 rings (SSSR count). The van der Waals surface area contributed by atoms with E-state index in [4.69, 9.17) is 9.47 Å². The van der Waals surface area contributed by atoms with Gasteiger partial charge in [-0.3, -0.25) is 9.59 Å². The summed E-state index contributed by atoms with van der Waals surface area (Å²) in [5.41, 5.74) is 0.724. The van der Waals surface area contributed by atoms with Crippen LogP contribution in [0.3, 0.4) is 0 Å². The maximum Gasteiger partial charge on any atom is 0.328 e. The molecule has 1 amide bonds. The molecule has 0 spiro atoms. The summed E-state index contributed by atoms with van der Waals surface area (Å²) in [7, 11) is 2.63. The monoisotopic (exact) mass is 337 g/mol. The number of nitrogens with one attached hydrogen (secondary N) is 2. The number of nitrogens with zero attached hydrogens (tertiary/aromatic N) is 1. The third-order valence-electron chi connectivity index (χ3n) is 4.36. The second kappa shape index (κ2) is 8.47. The predicted octanol–water partition coefficient (Wildman–Crippen LogP) is 0.589. The Morgan fingerprint density at radius 1 is 1.29 bits per heavy atom. The summed E-state index contributed by atoms with van der Waals surface area (Å²) >= 11 is 0. The number of ether oxygens (including phenoxy) is 2. The van der Waals surface area contributed by atoms with Crippen LogP contribution in [0.25, 0.3) is 0 Å². The summed E-state index contributed by atoms with van der Waals surface area (Å²) < 4.78 is 9.53. The number of hydrogen-bond donors (Lipinski definition) is 2. The minimum absolute atomic E-state index is 0.237. The number of esters is 2. The van der Waals surface area contributed by atoms with Crippen LogP contribution in [0, 0.1) is 11.8 Å². The highest BCUT2D eigenvalue weighted by Gasteiger charge is 2.33. The van der Waals surface area contributed by atoms with Crippen molar-refractivity contribution < 1.29 is 23.9 Å². The summed E-state index contributed by atoms with van der Waals surface area (Å²) in [6.45, 7) is 0. The van der Waals surface area contributed by atoms with Gasteiger partial charge in [-0.2, -0.15) is 0 Å². The Labute approximate surface area is 140 Å². The molecule has 1 heterocycles. The normalized spacial score (nSPS) is 21.6. The lowest BCUT2D eigenvalue weighted by atomic mass is 9.81. The molecule has 0 saturated heterocycles. The summed E-state index contributed by atoms with van der Waals surface area (Å²) in [6.07, 6.45) is 6.01. The van der Waals surface area contributed by atoms with E-state index in [1.165, 1.54) is 20.5 Å². The van der Waals surface area contributed by atoms with Gasteiger partial charge in [-0.1, -0.05) is 6.42 Å². The van der Waals surface area contributed by atoms with E-state index >= 15 is 0 Å². The molecule has 1 saturated carbocycles. The van der Waals surface area contributed by atoms with E-state index in [-0.39, 0.29) is 30.1 Å². The molecule has 0 aromatic carbocycles. The van der Waals surface area contributed by atoms with Crippen LogP contribution in [0.15, 0.2) is 12.5 Å². The molecule has 1 aromatic rings. The number of amides is 1. The van der Waals surface area contributed by atoms with Crippen LogP contribution < -0.4 is 5.32 Å². The largest absolute Gasteiger partial charge is 0.469 e. The van der Waals surface area contributed by atoms with Crippen molar-refractivity contribution in [1.29, 1.82) is 0 Å². The molecule has 132 valence electrons. The molecule has 0 aliphatic heterocycles. The van der Waals surface area contributed by atoms with Gasteiger partial charge >= 0.3 is 11.9 Å². The zero-order valence-electron chi connectivity index (χ0n) is 13.9. The number of H-pyrrole nitrogens is 1. The average Bonchev–Trinajstić information content (AvgIpc) is 3.12. The Hall–Kier alpha value is -2.38. The first-order valence-corrected chi connectivity index (χ1v) is 7.98. The molecule has 1 aliphatic rings. The Bertz CT molecular complexity index is 572. The molecule has 2 N–H and O–H groups in total. The van der Waals surface area contributed by atoms with Gasteiger partial charge in [0.15, 0.2) is 0 Å². The number of aromatic amines is 1. The van der Waals surface area contributed by atoms with Crippen LogP contribution in [0.2, 0.25) is 0 Å². The number of rotatable bonds is 6. The van der Waals surface area contributed by atoms with E-state index < -0.39 is 12.0 Å². The molecular formula is C16H23N3O5. The summed E-state index contributed by atoms with van der Waals surface area (Å²) in [4.78, 5) is 42.9. The van der Waals surface area contributed by atoms with E-state index in [1.807, 2.05) is 0 Å². The van der Waals surface area contributed by atoms with Crippen molar-refractivity contribution in [2.24, 2.45) is 11.8 Å². The van der Waals surface area contributed by atoms with E-state index in [0.717, 1.165) is 18.5 Å². The zero-order chi connectivity index (χ0) is 17.5. The fraction of sp³-hybridized carbons (Fsp3) is 0.625. The third-order valence-corrected chi connectivity index (χ3v) is 4.36. The van der Waals surface area contributed by atoms with Crippen molar-refractivity contribution in [3.63, 3.8) is 0 Å². The summed E-state index contributed by atoms with van der Waals surface area (Å²) in [5, 5.41) is 2.74. The predicted molar refractivity (Wildman–Crippen MR) is 83.7 cm³/mol. The van der Waals surface area contributed by atoms with Crippen LogP contribution in [0.5, 0.6) is 0 Å². The highest BCUT2D eigenvalue weighted by molar-refractivity contribution is 5.86. The molecule has 3 atom stereocenters. The van der Waals surface area contributed by atoms with Gasteiger partial charge < -0.3 is 19.8 Å². The van der Waals surface area contributed by atoms with Gasteiger partial charge in [0.05, 0.1) is 26.5 Å². The van der Waals surface area contributed by atoms with Crippen molar-refractivity contribution in [3.05, 3.63) is 18.2 Å². The molecular weight excluding hydrogens is 314 g/mol. The average molecular weight is 337 g/mol. The molecule has 8 heteroatoms. The Morgan fingerprint density at radius 3 is 2.67 bits per heavy atom. The van der Waals surface area contributed by atoms with Gasteiger partial charge in [0.1, 0.15) is 6.04 Å². The lowest BCUT2D eigenvalue weighted by molar-refractivity contribution is -0.149. The third kappa shape index (κ3) is 4.56. The Balaban J connectivity index is 1.98. The fourth-order valence-corrected chi connectivity index (χ4v) is 3.05. The zero-order valence-corrected chi connectivity index (χ0v) is 13.9. The number of carbonyl (C=O) groups is 3. The standard InChI is InChI=1S/C16H23N3O5/c1-23-15(21)11-5-3-4-10(6-11)14(20)19-13(16(22)24-2)7-12-8-17-9-18-12/h8-11,13H,3-7H2,1-2H3,(H,17,18)(H,19,20)/t10?,11?,13-/m0/s1. The van der Waals surface area contributed by atoms with Crippen molar-refractivity contribution in [3.8, 4) is 0 Å². The number of aromatic nitrogens is 2. The first-order valence-electron chi connectivity index (χ1n) is 7.98.